The summed E-state index contributed by atoms with van der Waals surface area (Å²) in [6.07, 6.45) is 3.39. The lowest BCUT2D eigenvalue weighted by Crippen LogP contribution is -2.27. The standard InChI is InChI=1S/C17H18BrNO/c1-20-17-4-2-3-15(11-17)19-16-8-6-12-9-14(18)7-5-13(12)10-16/h2-5,7,9,11,16,19H,6,8,10H2,1H3. The van der Waals surface area contributed by atoms with E-state index >= 15 is 0 Å². The van der Waals surface area contributed by atoms with Crippen molar-refractivity contribution >= 4 is 21.6 Å². The van der Waals surface area contributed by atoms with Crippen LogP contribution in [0.2, 0.25) is 0 Å². The van der Waals surface area contributed by atoms with E-state index in [4.69, 9.17) is 4.74 Å². The normalized spacial score (nSPS) is 17.4. The molecule has 0 bridgehead atoms. The molecule has 1 atom stereocenters. The molecule has 2 aromatic carbocycles. The summed E-state index contributed by atoms with van der Waals surface area (Å²) in [6.45, 7) is 0. The van der Waals surface area contributed by atoms with E-state index in [0.717, 1.165) is 24.3 Å². The zero-order chi connectivity index (χ0) is 13.9. The lowest BCUT2D eigenvalue weighted by Gasteiger charge is -2.26. The van der Waals surface area contributed by atoms with Crippen molar-refractivity contribution in [2.75, 3.05) is 12.4 Å². The minimum absolute atomic E-state index is 0.496. The third-order valence-corrected chi connectivity index (χ3v) is 4.33. The molecule has 104 valence electrons. The van der Waals surface area contributed by atoms with Crippen LogP contribution in [0.5, 0.6) is 5.75 Å². The van der Waals surface area contributed by atoms with Crippen LogP contribution in [0.4, 0.5) is 5.69 Å². The predicted molar refractivity (Wildman–Crippen MR) is 86.6 cm³/mol. The van der Waals surface area contributed by atoms with Crippen LogP contribution in [0.1, 0.15) is 17.5 Å². The van der Waals surface area contributed by atoms with Gasteiger partial charge in [0.05, 0.1) is 7.11 Å². The van der Waals surface area contributed by atoms with Crippen LogP contribution in [-0.4, -0.2) is 13.2 Å². The first-order valence-corrected chi connectivity index (χ1v) is 7.72. The zero-order valence-corrected chi connectivity index (χ0v) is 13.1. The Balaban J connectivity index is 1.72. The molecule has 0 aromatic heterocycles. The Labute approximate surface area is 128 Å². The molecule has 3 heteroatoms. The number of benzene rings is 2. The number of aryl methyl sites for hydroxylation is 1. The van der Waals surface area contributed by atoms with Gasteiger partial charge in [-0.1, -0.05) is 28.1 Å². The maximum Gasteiger partial charge on any atom is 0.120 e. The number of methoxy groups -OCH3 is 1. The molecule has 0 spiro atoms. The summed E-state index contributed by atoms with van der Waals surface area (Å²) in [5, 5.41) is 3.62. The molecule has 3 rings (SSSR count). The second-order valence-corrected chi connectivity index (χ2v) is 6.14. The second-order valence-electron chi connectivity index (χ2n) is 5.23. The Bertz CT molecular complexity index is 612. The molecule has 0 aliphatic heterocycles. The fourth-order valence-electron chi connectivity index (χ4n) is 2.80. The van der Waals surface area contributed by atoms with E-state index in [1.165, 1.54) is 22.0 Å². The van der Waals surface area contributed by atoms with E-state index in [2.05, 4.69) is 51.6 Å². The van der Waals surface area contributed by atoms with Gasteiger partial charge in [0.2, 0.25) is 0 Å². The van der Waals surface area contributed by atoms with Crippen molar-refractivity contribution in [1.29, 1.82) is 0 Å². The number of nitrogens with one attached hydrogen (secondary N) is 1. The maximum absolute atomic E-state index is 5.27. The molecule has 1 N–H and O–H groups in total. The van der Waals surface area contributed by atoms with Gasteiger partial charge in [0.15, 0.2) is 0 Å². The molecule has 1 aliphatic carbocycles. The highest BCUT2D eigenvalue weighted by molar-refractivity contribution is 9.10. The number of hydrogen-bond acceptors (Lipinski definition) is 2. The number of hydrogen-bond donors (Lipinski definition) is 1. The van der Waals surface area contributed by atoms with Gasteiger partial charge in [0.25, 0.3) is 0 Å². The Kier molecular flexibility index (Phi) is 3.97. The van der Waals surface area contributed by atoms with Gasteiger partial charge in [-0.25, -0.2) is 0 Å². The average molecular weight is 332 g/mol. The first kappa shape index (κ1) is 13.5. The van der Waals surface area contributed by atoms with Gasteiger partial charge in [-0.3, -0.25) is 0 Å². The van der Waals surface area contributed by atoms with Gasteiger partial charge < -0.3 is 10.1 Å². The highest BCUT2D eigenvalue weighted by atomic mass is 79.9. The lowest BCUT2D eigenvalue weighted by molar-refractivity contribution is 0.415. The van der Waals surface area contributed by atoms with Gasteiger partial charge in [0.1, 0.15) is 5.75 Å². The van der Waals surface area contributed by atoms with Crippen molar-refractivity contribution in [3.05, 3.63) is 58.1 Å². The van der Waals surface area contributed by atoms with Crippen LogP contribution in [-0.2, 0) is 12.8 Å². The average Bonchev–Trinajstić information content (AvgIpc) is 2.47. The van der Waals surface area contributed by atoms with E-state index in [0.29, 0.717) is 6.04 Å². The number of ether oxygens (including phenoxy) is 1. The number of fused-ring (bicyclic) bond motifs is 1. The van der Waals surface area contributed by atoms with Gasteiger partial charge >= 0.3 is 0 Å². The van der Waals surface area contributed by atoms with Gasteiger partial charge in [-0.05, 0) is 54.7 Å². The van der Waals surface area contributed by atoms with Crippen molar-refractivity contribution in [1.82, 2.24) is 0 Å². The molecule has 1 aliphatic rings. The summed E-state index contributed by atoms with van der Waals surface area (Å²) < 4.78 is 6.44. The minimum Gasteiger partial charge on any atom is -0.497 e. The summed E-state index contributed by atoms with van der Waals surface area (Å²) in [6, 6.07) is 15.3. The number of halogens is 1. The highest BCUT2D eigenvalue weighted by Gasteiger charge is 2.18. The first-order chi connectivity index (χ1) is 9.74. The Morgan fingerprint density at radius 1 is 1.15 bits per heavy atom. The molecule has 0 heterocycles. The summed E-state index contributed by atoms with van der Waals surface area (Å²) in [5.74, 6) is 0.898. The van der Waals surface area contributed by atoms with Crippen molar-refractivity contribution in [2.24, 2.45) is 0 Å². The first-order valence-electron chi connectivity index (χ1n) is 6.92. The topological polar surface area (TPSA) is 21.3 Å². The predicted octanol–water partition coefficient (Wildman–Crippen LogP) is 4.43. The minimum atomic E-state index is 0.496. The molecule has 1 unspecified atom stereocenters. The van der Waals surface area contributed by atoms with Crippen molar-refractivity contribution in [3.8, 4) is 5.75 Å². The van der Waals surface area contributed by atoms with Crippen LogP contribution in [0, 0.1) is 0 Å². The lowest BCUT2D eigenvalue weighted by atomic mass is 9.88. The fraction of sp³-hybridized carbons (Fsp3) is 0.294. The summed E-state index contributed by atoms with van der Waals surface area (Å²) in [7, 11) is 1.70. The molecule has 0 saturated carbocycles. The van der Waals surface area contributed by atoms with Crippen LogP contribution >= 0.6 is 15.9 Å². The van der Waals surface area contributed by atoms with Crippen LogP contribution in [0.15, 0.2) is 46.9 Å². The number of anilines is 1. The third-order valence-electron chi connectivity index (χ3n) is 3.84. The quantitative estimate of drug-likeness (QED) is 0.898. The molecular formula is C17H18BrNO. The molecule has 2 nitrogen and oxygen atoms in total. The summed E-state index contributed by atoms with van der Waals surface area (Å²) in [5.41, 5.74) is 4.07. The molecule has 2 aromatic rings. The molecule has 20 heavy (non-hydrogen) atoms. The summed E-state index contributed by atoms with van der Waals surface area (Å²) >= 11 is 3.55. The maximum atomic E-state index is 5.27. The molecule has 0 saturated heterocycles. The molecule has 0 amide bonds. The number of rotatable bonds is 3. The summed E-state index contributed by atoms with van der Waals surface area (Å²) in [4.78, 5) is 0. The highest BCUT2D eigenvalue weighted by Crippen LogP contribution is 2.27. The van der Waals surface area contributed by atoms with Crippen molar-refractivity contribution in [3.63, 3.8) is 0 Å². The van der Waals surface area contributed by atoms with E-state index in [1.807, 2.05) is 12.1 Å². The monoisotopic (exact) mass is 331 g/mol. The molecular weight excluding hydrogens is 314 g/mol. The van der Waals surface area contributed by atoms with Crippen LogP contribution < -0.4 is 10.1 Å². The smallest absolute Gasteiger partial charge is 0.120 e. The van der Waals surface area contributed by atoms with E-state index in [9.17, 15) is 0 Å². The van der Waals surface area contributed by atoms with Gasteiger partial charge in [0, 0.05) is 22.3 Å². The molecule has 0 fully saturated rings. The molecule has 0 radical (unpaired) electrons. The van der Waals surface area contributed by atoms with Crippen LogP contribution in [0.3, 0.4) is 0 Å². The Morgan fingerprint density at radius 3 is 2.90 bits per heavy atom. The second kappa shape index (κ2) is 5.88. The SMILES string of the molecule is COc1cccc(NC2CCc3cc(Br)ccc3C2)c1. The third kappa shape index (κ3) is 2.98. The van der Waals surface area contributed by atoms with Crippen LogP contribution in [0.25, 0.3) is 0 Å². The van der Waals surface area contributed by atoms with E-state index in [1.54, 1.807) is 7.11 Å². The fourth-order valence-corrected chi connectivity index (χ4v) is 3.20. The van der Waals surface area contributed by atoms with Gasteiger partial charge in [-0.15, -0.1) is 0 Å². The van der Waals surface area contributed by atoms with Crippen molar-refractivity contribution in [2.45, 2.75) is 25.3 Å². The van der Waals surface area contributed by atoms with E-state index < -0.39 is 0 Å². The van der Waals surface area contributed by atoms with Gasteiger partial charge in [-0.2, -0.15) is 0 Å². The van der Waals surface area contributed by atoms with Crippen molar-refractivity contribution < 1.29 is 4.74 Å². The Morgan fingerprint density at radius 2 is 2.05 bits per heavy atom. The Hall–Kier alpha value is -1.48. The largest absolute Gasteiger partial charge is 0.497 e. The zero-order valence-electron chi connectivity index (χ0n) is 11.5. The van der Waals surface area contributed by atoms with E-state index in [-0.39, 0.29) is 0 Å².